The van der Waals surface area contributed by atoms with Gasteiger partial charge in [-0.2, -0.15) is 0 Å². The minimum atomic E-state index is -0.910. The van der Waals surface area contributed by atoms with Crippen LogP contribution in [0.5, 0.6) is 11.5 Å². The molecule has 1 aromatic heterocycles. The van der Waals surface area contributed by atoms with Crippen LogP contribution >= 0.6 is 0 Å². The van der Waals surface area contributed by atoms with Crippen LogP contribution < -0.4 is 10.5 Å². The maximum Gasteiger partial charge on any atom is 0.307 e. The zero-order valence-electron chi connectivity index (χ0n) is 15.2. The molecule has 0 aliphatic carbocycles. The number of aliphatic carboxylic acids is 1. The predicted molar refractivity (Wildman–Crippen MR) is 104 cm³/mol. The molecule has 3 aromatic rings. The lowest BCUT2D eigenvalue weighted by atomic mass is 9.79. The highest BCUT2D eigenvalue weighted by molar-refractivity contribution is 5.78. The van der Waals surface area contributed by atoms with Crippen LogP contribution in [0, 0.1) is 0 Å². The third kappa shape index (κ3) is 2.77. The lowest BCUT2D eigenvalue weighted by molar-refractivity contribution is -0.136. The van der Waals surface area contributed by atoms with Gasteiger partial charge in [0.25, 0.3) is 6.02 Å². The molecule has 0 bridgehead atoms. The van der Waals surface area contributed by atoms with Crippen molar-refractivity contribution in [3.05, 3.63) is 71.8 Å². The Morgan fingerprint density at radius 1 is 1.07 bits per heavy atom. The molecule has 0 saturated heterocycles. The zero-order valence-corrected chi connectivity index (χ0v) is 15.2. The molecule has 0 amide bonds. The van der Waals surface area contributed by atoms with Gasteiger partial charge in [0.05, 0.1) is 6.42 Å². The number of hydrogen-bond donors (Lipinski definition) is 2. The standard InChI is InChI=1S/C21H16N4O4/c22-20-25-21(10-28-20)15-5-12(6-19(26)27)1-3-17(15)29-18-4-2-13(7-16(18)21)14-8-23-11-24-9-14/h1-5,7-9,11H,6,10H2,(H2,22,25)(H,26,27). The van der Waals surface area contributed by atoms with Crippen LogP contribution in [0.15, 0.2) is 60.1 Å². The molecule has 5 rings (SSSR count). The molecule has 2 aromatic carbocycles. The number of ether oxygens (including phenoxy) is 2. The second-order valence-electron chi connectivity index (χ2n) is 6.94. The van der Waals surface area contributed by atoms with E-state index in [2.05, 4.69) is 15.0 Å². The Kier molecular flexibility index (Phi) is 3.73. The third-order valence-electron chi connectivity index (χ3n) is 5.11. The molecule has 3 N–H and O–H groups in total. The van der Waals surface area contributed by atoms with E-state index in [0.717, 1.165) is 22.3 Å². The first-order valence-corrected chi connectivity index (χ1v) is 8.96. The van der Waals surface area contributed by atoms with Gasteiger partial charge in [-0.3, -0.25) is 4.79 Å². The molecule has 29 heavy (non-hydrogen) atoms. The number of amidine groups is 1. The smallest absolute Gasteiger partial charge is 0.307 e. The normalized spacial score (nSPS) is 19.0. The van der Waals surface area contributed by atoms with E-state index in [1.165, 1.54) is 6.33 Å². The number of carbonyl (C=O) groups is 1. The lowest BCUT2D eigenvalue weighted by Gasteiger charge is -2.34. The van der Waals surface area contributed by atoms with Gasteiger partial charge in [-0.05, 0) is 35.4 Å². The Bertz CT molecular complexity index is 1160. The Labute approximate surface area is 165 Å². The van der Waals surface area contributed by atoms with E-state index in [0.29, 0.717) is 17.1 Å². The van der Waals surface area contributed by atoms with Gasteiger partial charge in [0.2, 0.25) is 0 Å². The summed E-state index contributed by atoms with van der Waals surface area (Å²) in [6.45, 7) is 0.202. The number of nitrogens with zero attached hydrogens (tertiary/aromatic N) is 3. The summed E-state index contributed by atoms with van der Waals surface area (Å²) in [6, 6.07) is 11.2. The SMILES string of the molecule is NC1=NC2(CO1)c1cc(CC(=O)O)ccc1Oc1ccc(-c3cncnc3)cc12. The van der Waals surface area contributed by atoms with Crippen LogP contribution in [0.4, 0.5) is 0 Å². The summed E-state index contributed by atoms with van der Waals surface area (Å²) in [5.41, 5.74) is 8.91. The summed E-state index contributed by atoms with van der Waals surface area (Å²) in [6.07, 6.45) is 4.83. The number of aliphatic imine (C=N–C) groups is 1. The number of rotatable bonds is 3. The molecule has 1 spiro atoms. The van der Waals surface area contributed by atoms with E-state index in [1.54, 1.807) is 30.6 Å². The summed E-state index contributed by atoms with van der Waals surface area (Å²) in [5, 5.41) is 9.17. The zero-order chi connectivity index (χ0) is 20.0. The van der Waals surface area contributed by atoms with Crippen molar-refractivity contribution < 1.29 is 19.4 Å². The molecule has 8 nitrogen and oxygen atoms in total. The summed E-state index contributed by atoms with van der Waals surface area (Å²) in [5.74, 6) is 0.337. The van der Waals surface area contributed by atoms with Crippen molar-refractivity contribution in [2.45, 2.75) is 12.0 Å². The second-order valence-corrected chi connectivity index (χ2v) is 6.94. The first kappa shape index (κ1) is 17.2. The van der Waals surface area contributed by atoms with Gasteiger partial charge in [-0.25, -0.2) is 15.0 Å². The predicted octanol–water partition coefficient (Wildman–Crippen LogP) is 2.46. The first-order chi connectivity index (χ1) is 14.0. The summed E-state index contributed by atoms with van der Waals surface area (Å²) in [4.78, 5) is 24.0. The number of carboxylic acids is 1. The molecule has 144 valence electrons. The molecular weight excluding hydrogens is 372 g/mol. The molecular formula is C21H16N4O4. The van der Waals surface area contributed by atoms with Gasteiger partial charge in [0.1, 0.15) is 24.4 Å². The van der Waals surface area contributed by atoms with E-state index in [9.17, 15) is 9.90 Å². The van der Waals surface area contributed by atoms with Crippen molar-refractivity contribution in [2.75, 3.05) is 6.61 Å². The number of nitrogens with two attached hydrogens (primary N) is 1. The van der Waals surface area contributed by atoms with Crippen molar-refractivity contribution in [1.29, 1.82) is 0 Å². The molecule has 8 heteroatoms. The molecule has 1 unspecified atom stereocenters. The molecule has 3 heterocycles. The van der Waals surface area contributed by atoms with Gasteiger partial charge in [0.15, 0.2) is 5.54 Å². The van der Waals surface area contributed by atoms with Crippen molar-refractivity contribution >= 4 is 12.0 Å². The van der Waals surface area contributed by atoms with Crippen LogP contribution in [0.2, 0.25) is 0 Å². The van der Waals surface area contributed by atoms with E-state index < -0.39 is 11.5 Å². The largest absolute Gasteiger partial charge is 0.481 e. The minimum absolute atomic E-state index is 0.0842. The Balaban J connectivity index is 1.71. The van der Waals surface area contributed by atoms with Crippen LogP contribution in [-0.4, -0.2) is 33.7 Å². The maximum atomic E-state index is 11.2. The number of benzene rings is 2. The van der Waals surface area contributed by atoms with E-state index in [-0.39, 0.29) is 19.0 Å². The van der Waals surface area contributed by atoms with E-state index >= 15 is 0 Å². The Hall–Kier alpha value is -3.94. The van der Waals surface area contributed by atoms with Crippen molar-refractivity contribution in [3.63, 3.8) is 0 Å². The van der Waals surface area contributed by atoms with Gasteiger partial charge in [0, 0.05) is 29.1 Å². The topological polar surface area (TPSA) is 120 Å². The number of fused-ring (bicyclic) bond motifs is 4. The van der Waals surface area contributed by atoms with Gasteiger partial charge < -0.3 is 20.3 Å². The quantitative estimate of drug-likeness (QED) is 0.707. The molecule has 1 atom stereocenters. The third-order valence-corrected chi connectivity index (χ3v) is 5.11. The minimum Gasteiger partial charge on any atom is -0.481 e. The van der Waals surface area contributed by atoms with Crippen LogP contribution in [-0.2, 0) is 21.5 Å². The fraction of sp³-hybridized carbons (Fsp3) is 0.143. The summed E-state index contributed by atoms with van der Waals surface area (Å²) in [7, 11) is 0. The van der Waals surface area contributed by atoms with Crippen molar-refractivity contribution in [1.82, 2.24) is 9.97 Å². The van der Waals surface area contributed by atoms with Gasteiger partial charge in [-0.1, -0.05) is 12.1 Å². The summed E-state index contributed by atoms with van der Waals surface area (Å²) < 4.78 is 11.7. The van der Waals surface area contributed by atoms with Gasteiger partial charge in [-0.15, -0.1) is 0 Å². The van der Waals surface area contributed by atoms with Crippen molar-refractivity contribution in [2.24, 2.45) is 10.7 Å². The number of hydrogen-bond acceptors (Lipinski definition) is 7. The number of carboxylic acid groups (broad SMARTS) is 1. The molecule has 0 fully saturated rings. The fourth-order valence-corrected chi connectivity index (χ4v) is 3.81. The Morgan fingerprint density at radius 2 is 1.79 bits per heavy atom. The van der Waals surface area contributed by atoms with E-state index in [4.69, 9.17) is 15.2 Å². The second kappa shape index (κ2) is 6.30. The average Bonchev–Trinajstić information content (AvgIpc) is 3.11. The first-order valence-electron chi connectivity index (χ1n) is 8.96. The van der Waals surface area contributed by atoms with E-state index in [1.807, 2.05) is 18.2 Å². The molecule has 0 saturated carbocycles. The van der Waals surface area contributed by atoms with Gasteiger partial charge >= 0.3 is 5.97 Å². The monoisotopic (exact) mass is 388 g/mol. The fourth-order valence-electron chi connectivity index (χ4n) is 3.81. The van der Waals surface area contributed by atoms with Crippen LogP contribution in [0.1, 0.15) is 16.7 Å². The highest BCUT2D eigenvalue weighted by Gasteiger charge is 2.47. The highest BCUT2D eigenvalue weighted by Crippen LogP contribution is 2.51. The molecule has 2 aliphatic rings. The Morgan fingerprint density at radius 3 is 2.48 bits per heavy atom. The van der Waals surface area contributed by atoms with Crippen LogP contribution in [0.25, 0.3) is 11.1 Å². The molecule has 0 radical (unpaired) electrons. The summed E-state index contributed by atoms with van der Waals surface area (Å²) >= 11 is 0. The lowest BCUT2D eigenvalue weighted by Crippen LogP contribution is -2.31. The highest BCUT2D eigenvalue weighted by atomic mass is 16.5. The van der Waals surface area contributed by atoms with Crippen LogP contribution in [0.3, 0.4) is 0 Å². The number of aromatic nitrogens is 2. The molecule has 2 aliphatic heterocycles. The maximum absolute atomic E-state index is 11.2. The van der Waals surface area contributed by atoms with Crippen molar-refractivity contribution in [3.8, 4) is 22.6 Å². The average molecular weight is 388 g/mol.